The SMILES string of the molecule is CC/C=C\C/C=C\CC/C=C\C=C/C/C=C\CCCCCC(=O)O. The van der Waals surface area contributed by atoms with Gasteiger partial charge < -0.3 is 5.11 Å². The van der Waals surface area contributed by atoms with Gasteiger partial charge in [-0.2, -0.15) is 0 Å². The van der Waals surface area contributed by atoms with Crippen molar-refractivity contribution >= 4 is 5.97 Å². The van der Waals surface area contributed by atoms with Crippen molar-refractivity contribution in [2.75, 3.05) is 0 Å². The first-order valence-electron chi connectivity index (χ1n) is 9.25. The highest BCUT2D eigenvalue weighted by Gasteiger charge is 1.94. The molecule has 1 N–H and O–H groups in total. The average Bonchev–Trinajstić information content (AvgIpc) is 2.56. The van der Waals surface area contributed by atoms with Gasteiger partial charge in [0.2, 0.25) is 0 Å². The van der Waals surface area contributed by atoms with Gasteiger partial charge in [0.15, 0.2) is 0 Å². The van der Waals surface area contributed by atoms with Gasteiger partial charge in [0.25, 0.3) is 0 Å². The first-order chi connectivity index (χ1) is 11.8. The molecule has 0 aliphatic rings. The Bertz CT molecular complexity index is 425. The molecule has 0 bridgehead atoms. The summed E-state index contributed by atoms with van der Waals surface area (Å²) in [7, 11) is 0. The Hall–Kier alpha value is -1.83. The van der Waals surface area contributed by atoms with Crippen LogP contribution in [0.5, 0.6) is 0 Å². The van der Waals surface area contributed by atoms with Crippen LogP contribution in [0, 0.1) is 0 Å². The first kappa shape index (κ1) is 22.2. The number of carboxylic acid groups (broad SMARTS) is 1. The number of hydrogen-bond acceptors (Lipinski definition) is 1. The van der Waals surface area contributed by atoms with E-state index >= 15 is 0 Å². The minimum atomic E-state index is -0.691. The lowest BCUT2D eigenvalue weighted by atomic mass is 10.1. The fourth-order valence-electron chi connectivity index (χ4n) is 2.09. The van der Waals surface area contributed by atoms with Crippen LogP contribution >= 0.6 is 0 Å². The van der Waals surface area contributed by atoms with Gasteiger partial charge in [0.05, 0.1) is 0 Å². The summed E-state index contributed by atoms with van der Waals surface area (Å²) in [5.41, 5.74) is 0. The van der Waals surface area contributed by atoms with Crippen molar-refractivity contribution in [3.05, 3.63) is 60.8 Å². The molecule has 134 valence electrons. The molecule has 0 aliphatic heterocycles. The Morgan fingerprint density at radius 1 is 0.708 bits per heavy atom. The van der Waals surface area contributed by atoms with E-state index in [9.17, 15) is 4.79 Å². The molecule has 0 aromatic carbocycles. The first-order valence-corrected chi connectivity index (χ1v) is 9.25. The Kier molecular flexibility index (Phi) is 17.8. The highest BCUT2D eigenvalue weighted by Crippen LogP contribution is 2.04. The van der Waals surface area contributed by atoms with E-state index in [-0.39, 0.29) is 0 Å². The largest absolute Gasteiger partial charge is 0.481 e. The van der Waals surface area contributed by atoms with Gasteiger partial charge in [-0.15, -0.1) is 0 Å². The van der Waals surface area contributed by atoms with E-state index in [0.717, 1.165) is 57.8 Å². The van der Waals surface area contributed by atoms with Crippen molar-refractivity contribution in [1.82, 2.24) is 0 Å². The van der Waals surface area contributed by atoms with Crippen LogP contribution in [-0.2, 0) is 4.79 Å². The average molecular weight is 331 g/mol. The maximum absolute atomic E-state index is 10.3. The van der Waals surface area contributed by atoms with Gasteiger partial charge >= 0.3 is 5.97 Å². The lowest BCUT2D eigenvalue weighted by Gasteiger charge is -1.94. The summed E-state index contributed by atoms with van der Waals surface area (Å²) in [4.78, 5) is 10.3. The second-order valence-electron chi connectivity index (χ2n) is 5.72. The van der Waals surface area contributed by atoms with E-state index in [2.05, 4.69) is 67.7 Å². The molecule has 2 heteroatoms. The zero-order valence-electron chi connectivity index (χ0n) is 15.2. The third kappa shape index (κ3) is 20.2. The number of rotatable bonds is 15. The number of allylic oxidation sites excluding steroid dienone is 10. The maximum atomic E-state index is 10.3. The topological polar surface area (TPSA) is 37.3 Å². The van der Waals surface area contributed by atoms with Crippen LogP contribution < -0.4 is 0 Å². The van der Waals surface area contributed by atoms with E-state index in [1.807, 2.05) is 0 Å². The molecule has 0 heterocycles. The summed E-state index contributed by atoms with van der Waals surface area (Å²) in [6.07, 6.45) is 31.3. The number of carboxylic acids is 1. The summed E-state index contributed by atoms with van der Waals surface area (Å²) in [5, 5.41) is 8.52. The molecule has 0 rings (SSSR count). The number of aliphatic carboxylic acids is 1. The maximum Gasteiger partial charge on any atom is 0.303 e. The third-order valence-electron chi connectivity index (χ3n) is 3.42. The van der Waals surface area contributed by atoms with Crippen LogP contribution in [0.15, 0.2) is 60.8 Å². The van der Waals surface area contributed by atoms with Gasteiger partial charge in [0.1, 0.15) is 0 Å². The lowest BCUT2D eigenvalue weighted by molar-refractivity contribution is -0.137. The van der Waals surface area contributed by atoms with Crippen molar-refractivity contribution in [1.29, 1.82) is 0 Å². The van der Waals surface area contributed by atoms with Crippen LogP contribution in [0.3, 0.4) is 0 Å². The Balaban J connectivity index is 3.43. The summed E-state index contributed by atoms with van der Waals surface area (Å²) < 4.78 is 0. The monoisotopic (exact) mass is 330 g/mol. The van der Waals surface area contributed by atoms with Crippen molar-refractivity contribution in [3.63, 3.8) is 0 Å². The molecule has 0 fully saturated rings. The van der Waals surface area contributed by atoms with E-state index in [4.69, 9.17) is 5.11 Å². The van der Waals surface area contributed by atoms with Gasteiger partial charge in [-0.05, 0) is 51.4 Å². The van der Waals surface area contributed by atoms with E-state index in [0.29, 0.717) is 6.42 Å². The number of unbranched alkanes of at least 4 members (excludes halogenated alkanes) is 4. The molecule has 0 atom stereocenters. The predicted octanol–water partition coefficient (Wildman–Crippen LogP) is 6.77. The molecule has 24 heavy (non-hydrogen) atoms. The van der Waals surface area contributed by atoms with Crippen molar-refractivity contribution in [2.45, 2.75) is 71.1 Å². The summed E-state index contributed by atoms with van der Waals surface area (Å²) in [6.45, 7) is 2.15. The highest BCUT2D eigenvalue weighted by atomic mass is 16.4. The fraction of sp³-hybridized carbons (Fsp3) is 0.500. The lowest BCUT2D eigenvalue weighted by Crippen LogP contribution is -1.93. The molecule has 0 radical (unpaired) electrons. The smallest absolute Gasteiger partial charge is 0.303 e. The van der Waals surface area contributed by atoms with Crippen LogP contribution in [0.1, 0.15) is 71.1 Å². The molecule has 0 amide bonds. The van der Waals surface area contributed by atoms with Crippen molar-refractivity contribution in [3.8, 4) is 0 Å². The second-order valence-corrected chi connectivity index (χ2v) is 5.72. The molecule has 0 spiro atoms. The molecule has 0 aromatic heterocycles. The fourth-order valence-corrected chi connectivity index (χ4v) is 2.09. The molecule has 2 nitrogen and oxygen atoms in total. The standard InChI is InChI=1S/C22H34O2/c1-2-3-4-5-6-7-8-9-10-11-12-13-14-15-16-17-18-19-20-21-22(23)24/h3-4,6-7,10-13,15-16H,2,5,8-9,14,17-21H2,1H3,(H,23,24)/b4-3-,7-6-,11-10-,13-12-,16-15-. The molecule has 0 saturated carbocycles. The van der Waals surface area contributed by atoms with Crippen LogP contribution in [0.25, 0.3) is 0 Å². The minimum absolute atomic E-state index is 0.296. The molecule has 0 aromatic rings. The van der Waals surface area contributed by atoms with Crippen LogP contribution in [-0.4, -0.2) is 11.1 Å². The van der Waals surface area contributed by atoms with Gasteiger partial charge in [-0.25, -0.2) is 0 Å². The number of hydrogen-bond donors (Lipinski definition) is 1. The van der Waals surface area contributed by atoms with Gasteiger partial charge in [0, 0.05) is 6.42 Å². The second kappa shape index (κ2) is 19.2. The third-order valence-corrected chi connectivity index (χ3v) is 3.42. The van der Waals surface area contributed by atoms with E-state index < -0.39 is 5.97 Å². The Labute approximate surface area is 148 Å². The molecule has 0 unspecified atom stereocenters. The van der Waals surface area contributed by atoms with Gasteiger partial charge in [-0.3, -0.25) is 4.79 Å². The zero-order valence-corrected chi connectivity index (χ0v) is 15.2. The van der Waals surface area contributed by atoms with Crippen molar-refractivity contribution in [2.24, 2.45) is 0 Å². The number of carbonyl (C=O) groups is 1. The Morgan fingerprint density at radius 2 is 1.33 bits per heavy atom. The minimum Gasteiger partial charge on any atom is -0.481 e. The zero-order chi connectivity index (χ0) is 17.7. The molecular weight excluding hydrogens is 296 g/mol. The van der Waals surface area contributed by atoms with Crippen LogP contribution in [0.4, 0.5) is 0 Å². The molecular formula is C22H34O2. The molecule has 0 aliphatic carbocycles. The molecule has 0 saturated heterocycles. The normalized spacial score (nSPS) is 12.7. The van der Waals surface area contributed by atoms with Crippen molar-refractivity contribution < 1.29 is 9.90 Å². The van der Waals surface area contributed by atoms with Gasteiger partial charge in [-0.1, -0.05) is 74.1 Å². The van der Waals surface area contributed by atoms with E-state index in [1.54, 1.807) is 0 Å². The Morgan fingerprint density at radius 3 is 2.08 bits per heavy atom. The summed E-state index contributed by atoms with van der Waals surface area (Å²) in [6, 6.07) is 0. The highest BCUT2D eigenvalue weighted by molar-refractivity contribution is 5.66. The van der Waals surface area contributed by atoms with Crippen LogP contribution in [0.2, 0.25) is 0 Å². The van der Waals surface area contributed by atoms with E-state index in [1.165, 1.54) is 0 Å². The summed E-state index contributed by atoms with van der Waals surface area (Å²) >= 11 is 0. The quantitative estimate of drug-likeness (QED) is 0.204. The predicted molar refractivity (Wildman–Crippen MR) is 105 cm³/mol. The summed E-state index contributed by atoms with van der Waals surface area (Å²) in [5.74, 6) is -0.691.